The van der Waals surface area contributed by atoms with Crippen LogP contribution < -0.4 is 5.32 Å². The number of phenolic OH excluding ortho intramolecular Hbond substituents is 1. The van der Waals surface area contributed by atoms with Crippen molar-refractivity contribution in [3.63, 3.8) is 0 Å². The number of aromatic nitrogens is 1. The molecule has 3 rings (SSSR count). The second-order valence-electron chi connectivity index (χ2n) is 5.85. The van der Waals surface area contributed by atoms with Gasteiger partial charge in [0.2, 0.25) is 0 Å². The number of nitrogens with one attached hydrogen (secondary N) is 1. The zero-order valence-electron chi connectivity index (χ0n) is 13.8. The smallest absolute Gasteiger partial charge is 0.307 e. The molecule has 0 saturated heterocycles. The Morgan fingerprint density at radius 1 is 1.15 bits per heavy atom. The second kappa shape index (κ2) is 6.79. The highest BCUT2D eigenvalue weighted by Crippen LogP contribution is 2.27. The lowest BCUT2D eigenvalue weighted by Crippen LogP contribution is -2.14. The first-order valence-electron chi connectivity index (χ1n) is 7.75. The molecule has 0 aliphatic heterocycles. The summed E-state index contributed by atoms with van der Waals surface area (Å²) in [5, 5.41) is 21.7. The number of benzene rings is 2. The monoisotopic (exact) mass is 354 g/mol. The van der Waals surface area contributed by atoms with Gasteiger partial charge in [0.25, 0.3) is 5.91 Å². The molecule has 0 spiro atoms. The first kappa shape index (κ1) is 17.3. The first-order chi connectivity index (χ1) is 12.3. The highest BCUT2D eigenvalue weighted by molar-refractivity contribution is 6.12. The number of fused-ring (bicyclic) bond motifs is 1. The van der Waals surface area contributed by atoms with Crippen molar-refractivity contribution < 1.29 is 24.2 Å². The lowest BCUT2D eigenvalue weighted by molar-refractivity contribution is -0.136. The predicted molar refractivity (Wildman–Crippen MR) is 93.8 cm³/mol. The van der Waals surface area contributed by atoms with Crippen molar-refractivity contribution >= 4 is 28.5 Å². The Labute approximate surface area is 147 Å². The molecule has 0 radical (unpaired) electrons. The molecular weight excluding hydrogens is 339 g/mol. The van der Waals surface area contributed by atoms with Gasteiger partial charge >= 0.3 is 5.97 Å². The summed E-state index contributed by atoms with van der Waals surface area (Å²) in [4.78, 5) is 27.8. The molecule has 2 aromatic carbocycles. The molecule has 0 saturated carbocycles. The topological polar surface area (TPSA) is 99.5 Å². The first-order valence-corrected chi connectivity index (χ1v) is 7.75. The lowest BCUT2D eigenvalue weighted by atomic mass is 10.1. The van der Waals surface area contributed by atoms with E-state index >= 15 is 0 Å². The number of carboxylic acid groups (broad SMARTS) is 1. The van der Waals surface area contributed by atoms with Crippen molar-refractivity contribution in [2.75, 3.05) is 5.32 Å². The third kappa shape index (κ3) is 3.61. The van der Waals surface area contributed by atoms with Crippen LogP contribution >= 0.6 is 0 Å². The van der Waals surface area contributed by atoms with E-state index in [0.29, 0.717) is 22.2 Å². The summed E-state index contributed by atoms with van der Waals surface area (Å²) in [6, 6.07) is 9.64. The van der Waals surface area contributed by atoms with Crippen molar-refractivity contribution in [3.8, 4) is 5.75 Å². The quantitative estimate of drug-likeness (QED) is 0.625. The van der Waals surface area contributed by atoms with Gasteiger partial charge in [-0.05, 0) is 48.9 Å². The van der Waals surface area contributed by atoms with E-state index in [4.69, 9.17) is 5.11 Å². The molecule has 132 valence electrons. The normalized spacial score (nSPS) is 10.7. The number of halogens is 1. The summed E-state index contributed by atoms with van der Waals surface area (Å²) >= 11 is 0. The van der Waals surface area contributed by atoms with E-state index in [1.54, 1.807) is 6.92 Å². The molecule has 26 heavy (non-hydrogen) atoms. The largest absolute Gasteiger partial charge is 0.506 e. The van der Waals surface area contributed by atoms with E-state index in [2.05, 4.69) is 10.3 Å². The number of hydrogen-bond acceptors (Lipinski definition) is 4. The summed E-state index contributed by atoms with van der Waals surface area (Å²) < 4.78 is 13.6. The number of rotatable bonds is 4. The Kier molecular flexibility index (Phi) is 4.53. The Morgan fingerprint density at radius 3 is 2.65 bits per heavy atom. The summed E-state index contributed by atoms with van der Waals surface area (Å²) in [5.74, 6) is -2.29. The molecule has 1 amide bonds. The number of aryl methyl sites for hydroxylation is 1. The Hall–Kier alpha value is -3.48. The van der Waals surface area contributed by atoms with Gasteiger partial charge < -0.3 is 15.5 Å². The number of aromatic hydroxyl groups is 1. The third-order valence-corrected chi connectivity index (χ3v) is 3.81. The molecule has 6 nitrogen and oxygen atoms in total. The van der Waals surface area contributed by atoms with Gasteiger partial charge in [0.1, 0.15) is 11.6 Å². The molecule has 0 fully saturated rings. The zero-order valence-corrected chi connectivity index (χ0v) is 13.8. The number of carbonyl (C=O) groups is 2. The molecule has 1 aromatic heterocycles. The second-order valence-corrected chi connectivity index (χ2v) is 5.85. The number of anilines is 1. The lowest BCUT2D eigenvalue weighted by Gasteiger charge is -2.11. The van der Waals surface area contributed by atoms with Crippen molar-refractivity contribution in [1.82, 2.24) is 4.98 Å². The number of pyridine rings is 1. The van der Waals surface area contributed by atoms with E-state index in [1.165, 1.54) is 42.5 Å². The van der Waals surface area contributed by atoms with Crippen LogP contribution in [0.25, 0.3) is 10.9 Å². The van der Waals surface area contributed by atoms with Gasteiger partial charge in [-0.1, -0.05) is 6.07 Å². The summed E-state index contributed by atoms with van der Waals surface area (Å²) in [6.45, 7) is 1.71. The average Bonchev–Trinajstić information content (AvgIpc) is 2.57. The maximum Gasteiger partial charge on any atom is 0.307 e. The number of carbonyl (C=O) groups excluding carboxylic acids is 1. The molecule has 0 atom stereocenters. The van der Waals surface area contributed by atoms with Gasteiger partial charge in [-0.15, -0.1) is 0 Å². The fourth-order valence-corrected chi connectivity index (χ4v) is 2.68. The van der Waals surface area contributed by atoms with Crippen LogP contribution in [0.1, 0.15) is 21.6 Å². The Balaban J connectivity index is 2.00. The third-order valence-electron chi connectivity index (χ3n) is 3.81. The molecule has 0 unspecified atom stereocenters. The molecular formula is C19H15FN2O4. The number of hydrogen-bond donors (Lipinski definition) is 3. The van der Waals surface area contributed by atoms with E-state index in [9.17, 15) is 19.1 Å². The van der Waals surface area contributed by atoms with E-state index < -0.39 is 17.7 Å². The number of carboxylic acids is 1. The van der Waals surface area contributed by atoms with Crippen molar-refractivity contribution in [3.05, 3.63) is 65.1 Å². The van der Waals surface area contributed by atoms with E-state index in [0.717, 1.165) is 0 Å². The number of phenols is 1. The van der Waals surface area contributed by atoms with Crippen LogP contribution in [0.3, 0.4) is 0 Å². The van der Waals surface area contributed by atoms with Gasteiger partial charge in [0.15, 0.2) is 0 Å². The van der Waals surface area contributed by atoms with E-state index in [-0.39, 0.29) is 23.4 Å². The van der Waals surface area contributed by atoms with Crippen molar-refractivity contribution in [1.29, 1.82) is 0 Å². The van der Waals surface area contributed by atoms with Crippen LogP contribution in [-0.2, 0) is 11.2 Å². The van der Waals surface area contributed by atoms with Gasteiger partial charge in [-0.25, -0.2) is 4.39 Å². The standard InChI is InChI=1S/C19H15FN2O4/c1-10-6-14(13-9-12(20)3-4-15(13)21-10)19(26)22-16-7-11(8-18(24)25)2-5-17(16)23/h2-7,9,23H,8H2,1H3,(H,22,26)(H,24,25). The van der Waals surface area contributed by atoms with Gasteiger partial charge in [0, 0.05) is 11.1 Å². The Morgan fingerprint density at radius 2 is 1.92 bits per heavy atom. The van der Waals surface area contributed by atoms with Crippen LogP contribution in [0.15, 0.2) is 42.5 Å². The molecule has 0 aliphatic carbocycles. The van der Waals surface area contributed by atoms with Gasteiger partial charge in [-0.3, -0.25) is 14.6 Å². The number of amides is 1. The van der Waals surface area contributed by atoms with Crippen LogP contribution in [-0.4, -0.2) is 27.1 Å². The Bertz CT molecular complexity index is 1030. The summed E-state index contributed by atoms with van der Waals surface area (Å²) in [5.41, 5.74) is 1.76. The van der Waals surface area contributed by atoms with Gasteiger partial charge in [0.05, 0.1) is 23.2 Å². The predicted octanol–water partition coefficient (Wildman–Crippen LogP) is 3.27. The molecule has 7 heteroatoms. The highest BCUT2D eigenvalue weighted by Gasteiger charge is 2.15. The minimum atomic E-state index is -1.03. The van der Waals surface area contributed by atoms with Crippen molar-refractivity contribution in [2.45, 2.75) is 13.3 Å². The van der Waals surface area contributed by atoms with Crippen LogP contribution in [0.2, 0.25) is 0 Å². The van der Waals surface area contributed by atoms with Crippen LogP contribution in [0, 0.1) is 12.7 Å². The number of aliphatic carboxylic acids is 1. The molecule has 3 N–H and O–H groups in total. The summed E-state index contributed by atoms with van der Waals surface area (Å²) in [7, 11) is 0. The van der Waals surface area contributed by atoms with Gasteiger partial charge in [-0.2, -0.15) is 0 Å². The minimum Gasteiger partial charge on any atom is -0.506 e. The molecule has 3 aromatic rings. The van der Waals surface area contributed by atoms with Crippen LogP contribution in [0.5, 0.6) is 5.75 Å². The highest BCUT2D eigenvalue weighted by atomic mass is 19.1. The maximum atomic E-state index is 13.6. The minimum absolute atomic E-state index is 0.0766. The zero-order chi connectivity index (χ0) is 18.8. The van der Waals surface area contributed by atoms with Crippen LogP contribution in [0.4, 0.5) is 10.1 Å². The SMILES string of the molecule is Cc1cc(C(=O)Nc2cc(CC(=O)O)ccc2O)c2cc(F)ccc2n1. The molecule has 0 aliphatic rings. The average molecular weight is 354 g/mol. The van der Waals surface area contributed by atoms with E-state index in [1.807, 2.05) is 0 Å². The summed E-state index contributed by atoms with van der Waals surface area (Å²) in [6.07, 6.45) is -0.244. The van der Waals surface area contributed by atoms with Crippen molar-refractivity contribution in [2.24, 2.45) is 0 Å². The fraction of sp³-hybridized carbons (Fsp3) is 0.105. The fourth-order valence-electron chi connectivity index (χ4n) is 2.68. The molecule has 0 bridgehead atoms. The number of nitrogens with zero attached hydrogens (tertiary/aromatic N) is 1. The molecule has 1 heterocycles. The maximum absolute atomic E-state index is 13.6.